The summed E-state index contributed by atoms with van der Waals surface area (Å²) in [5.74, 6) is 1.91. The Hall–Kier alpha value is -1.80. The highest BCUT2D eigenvalue weighted by Crippen LogP contribution is 2.55. The van der Waals surface area contributed by atoms with Crippen LogP contribution < -0.4 is 10.2 Å². The van der Waals surface area contributed by atoms with E-state index in [4.69, 9.17) is 9.72 Å². The first kappa shape index (κ1) is 24.5. The third-order valence-corrected chi connectivity index (χ3v) is 10.8. The molecule has 8 heteroatoms. The van der Waals surface area contributed by atoms with Crippen molar-refractivity contribution in [2.45, 2.75) is 92.5 Å². The lowest BCUT2D eigenvalue weighted by molar-refractivity contribution is -0.144. The maximum absolute atomic E-state index is 13.7. The molecule has 7 rings (SSSR count). The van der Waals surface area contributed by atoms with Gasteiger partial charge in [0.25, 0.3) is 5.91 Å². The highest BCUT2D eigenvalue weighted by atomic mass is 32.2. The molecule has 4 bridgehead atoms. The van der Waals surface area contributed by atoms with Gasteiger partial charge in [-0.1, -0.05) is 19.3 Å². The van der Waals surface area contributed by atoms with E-state index in [-0.39, 0.29) is 23.8 Å². The first-order valence-corrected chi connectivity index (χ1v) is 14.8. The lowest BCUT2D eigenvalue weighted by Gasteiger charge is -2.58. The van der Waals surface area contributed by atoms with Crippen LogP contribution in [0.15, 0.2) is 17.2 Å². The summed E-state index contributed by atoms with van der Waals surface area (Å²) in [5, 5.41) is 15.7. The lowest BCUT2D eigenvalue weighted by Crippen LogP contribution is -2.61. The zero-order valence-electron chi connectivity index (χ0n) is 21.3. The number of aliphatic hydroxyl groups is 1. The summed E-state index contributed by atoms with van der Waals surface area (Å²) in [4.78, 5) is 32.9. The maximum Gasteiger partial charge on any atom is 0.310 e. The number of hydrogen-bond donors (Lipinski definition) is 2. The van der Waals surface area contributed by atoms with E-state index in [1.54, 1.807) is 11.8 Å². The van der Waals surface area contributed by atoms with Crippen molar-refractivity contribution in [3.63, 3.8) is 0 Å². The number of amides is 1. The summed E-state index contributed by atoms with van der Waals surface area (Å²) < 4.78 is 4.95. The van der Waals surface area contributed by atoms with Crippen LogP contribution >= 0.6 is 11.8 Å². The van der Waals surface area contributed by atoms with Gasteiger partial charge >= 0.3 is 5.97 Å². The van der Waals surface area contributed by atoms with Crippen LogP contribution in [0.3, 0.4) is 0 Å². The smallest absolute Gasteiger partial charge is 0.310 e. The fraction of sp³-hybridized carbons (Fsp3) is 0.750. The molecule has 6 aliphatic rings. The van der Waals surface area contributed by atoms with Crippen molar-refractivity contribution < 1.29 is 19.4 Å². The Bertz CT molecular complexity index is 997. The average molecular weight is 514 g/mol. The van der Waals surface area contributed by atoms with Gasteiger partial charge in [0, 0.05) is 24.4 Å². The molecule has 1 amide bonds. The van der Waals surface area contributed by atoms with E-state index in [0.29, 0.717) is 35.1 Å². The van der Waals surface area contributed by atoms with E-state index in [9.17, 15) is 14.7 Å². The Kier molecular flexibility index (Phi) is 6.69. The summed E-state index contributed by atoms with van der Waals surface area (Å²) in [6.07, 6.45) is 11.7. The number of anilines is 1. The number of methoxy groups -OCH3 is 1. The van der Waals surface area contributed by atoms with Crippen molar-refractivity contribution >= 4 is 29.5 Å². The number of carbonyl (C=O) groups is 2. The first-order chi connectivity index (χ1) is 17.4. The molecular formula is C28H39N3O4S. The largest absolute Gasteiger partial charge is 0.469 e. The highest BCUT2D eigenvalue weighted by molar-refractivity contribution is 7.99. The van der Waals surface area contributed by atoms with Crippen molar-refractivity contribution in [2.24, 2.45) is 23.7 Å². The molecule has 196 valence electrons. The van der Waals surface area contributed by atoms with Crippen molar-refractivity contribution in [2.75, 3.05) is 25.1 Å². The van der Waals surface area contributed by atoms with Crippen LogP contribution in [0.4, 0.5) is 5.82 Å². The van der Waals surface area contributed by atoms with E-state index < -0.39 is 5.60 Å². The van der Waals surface area contributed by atoms with Crippen LogP contribution in [0, 0.1) is 23.7 Å². The van der Waals surface area contributed by atoms with Crippen LogP contribution in [0.1, 0.15) is 81.0 Å². The molecular weight excluding hydrogens is 474 g/mol. The molecule has 2 N–H and O–H groups in total. The molecule has 36 heavy (non-hydrogen) atoms. The van der Waals surface area contributed by atoms with Gasteiger partial charge in [0.15, 0.2) is 0 Å². The molecule has 5 saturated carbocycles. The highest BCUT2D eigenvalue weighted by Gasteiger charge is 2.55. The third-order valence-electron chi connectivity index (χ3n) is 9.51. The molecule has 0 aromatic carbocycles. The zero-order valence-corrected chi connectivity index (χ0v) is 22.1. The van der Waals surface area contributed by atoms with E-state index >= 15 is 0 Å². The Morgan fingerprint density at radius 1 is 1.11 bits per heavy atom. The minimum absolute atomic E-state index is 0.0225. The number of rotatable bonds is 6. The molecule has 3 atom stereocenters. The molecule has 1 aromatic heterocycles. The molecule has 5 aliphatic carbocycles. The maximum atomic E-state index is 13.7. The van der Waals surface area contributed by atoms with E-state index in [0.717, 1.165) is 55.9 Å². The second-order valence-corrected chi connectivity index (χ2v) is 13.3. The lowest BCUT2D eigenvalue weighted by atomic mass is 9.52. The summed E-state index contributed by atoms with van der Waals surface area (Å²) in [5.41, 5.74) is 0.173. The number of ether oxygens (including phenoxy) is 1. The first-order valence-electron chi connectivity index (χ1n) is 13.9. The quantitative estimate of drug-likeness (QED) is 0.552. The van der Waals surface area contributed by atoms with Gasteiger partial charge in [0.05, 0.1) is 24.2 Å². The SMILES string of the molecule is COC(=O)[C@@H]1CCN(c2ccc(C(=O)NC3C4CC5CC3CC(O)(C5)C4)c(SC3CCCCC3)n2)C1. The predicted molar refractivity (Wildman–Crippen MR) is 139 cm³/mol. The minimum Gasteiger partial charge on any atom is -0.469 e. The van der Waals surface area contributed by atoms with Crippen LogP contribution in [-0.2, 0) is 9.53 Å². The molecule has 6 fully saturated rings. The van der Waals surface area contributed by atoms with Gasteiger partial charge in [-0.15, -0.1) is 11.8 Å². The van der Waals surface area contributed by atoms with Crippen LogP contribution in [-0.4, -0.2) is 59.1 Å². The number of aromatic nitrogens is 1. The normalized spacial score (nSPS) is 35.7. The summed E-state index contributed by atoms with van der Waals surface area (Å²) in [6, 6.07) is 4.04. The number of esters is 1. The third kappa shape index (κ3) is 4.75. The van der Waals surface area contributed by atoms with Crippen LogP contribution in [0.25, 0.3) is 0 Å². The molecule has 1 saturated heterocycles. The number of hydrogen-bond acceptors (Lipinski definition) is 7. The molecule has 2 unspecified atom stereocenters. The second-order valence-electron chi connectivity index (χ2n) is 12.0. The number of pyridine rings is 1. The van der Waals surface area contributed by atoms with Crippen LogP contribution in [0.2, 0.25) is 0 Å². The zero-order chi connectivity index (χ0) is 24.9. The molecule has 1 aromatic rings. The van der Waals surface area contributed by atoms with Gasteiger partial charge in [-0.3, -0.25) is 9.59 Å². The number of thioether (sulfide) groups is 1. The average Bonchev–Trinajstić information content (AvgIpc) is 3.36. The summed E-state index contributed by atoms with van der Waals surface area (Å²) in [6.45, 7) is 1.37. The molecule has 0 spiro atoms. The van der Waals surface area contributed by atoms with Gasteiger partial charge in [-0.05, 0) is 81.3 Å². The molecule has 7 nitrogen and oxygen atoms in total. The van der Waals surface area contributed by atoms with E-state index in [1.807, 2.05) is 12.1 Å². The summed E-state index contributed by atoms with van der Waals surface area (Å²) in [7, 11) is 1.44. The van der Waals surface area contributed by atoms with Crippen molar-refractivity contribution in [3.05, 3.63) is 17.7 Å². The Balaban J connectivity index is 1.22. The van der Waals surface area contributed by atoms with Gasteiger partial charge in [-0.25, -0.2) is 4.98 Å². The fourth-order valence-electron chi connectivity index (χ4n) is 7.98. The number of carbonyl (C=O) groups excluding carboxylic acids is 2. The van der Waals surface area contributed by atoms with E-state index in [1.165, 1.54) is 39.2 Å². The standard InChI is InChI=1S/C28H39N3O4S/c1-35-27(33)18-9-10-31(16-18)23-8-7-22(26(29-23)36-21-5-3-2-4-6-21)25(32)30-24-19-11-17-12-20(24)15-28(34,13-17)14-19/h7-8,17-21,24,34H,2-6,9-16H2,1H3,(H,30,32)/t17?,18-,19?,20?,24?,28?/m1/s1. The fourth-order valence-corrected chi connectivity index (χ4v) is 9.30. The predicted octanol–water partition coefficient (Wildman–Crippen LogP) is 4.18. The van der Waals surface area contributed by atoms with Gasteiger partial charge in [-0.2, -0.15) is 0 Å². The Labute approximate surface area is 218 Å². The van der Waals surface area contributed by atoms with Gasteiger partial charge < -0.3 is 20.1 Å². The van der Waals surface area contributed by atoms with Crippen molar-refractivity contribution in [1.29, 1.82) is 0 Å². The van der Waals surface area contributed by atoms with Crippen molar-refractivity contribution in [3.8, 4) is 0 Å². The Morgan fingerprint density at radius 3 is 2.56 bits per heavy atom. The monoisotopic (exact) mass is 513 g/mol. The number of nitrogens with zero attached hydrogens (tertiary/aromatic N) is 2. The van der Waals surface area contributed by atoms with Gasteiger partial charge in [0.2, 0.25) is 0 Å². The van der Waals surface area contributed by atoms with Crippen molar-refractivity contribution in [1.82, 2.24) is 10.3 Å². The Morgan fingerprint density at radius 2 is 1.86 bits per heavy atom. The van der Waals surface area contributed by atoms with Crippen LogP contribution in [0.5, 0.6) is 0 Å². The van der Waals surface area contributed by atoms with Gasteiger partial charge in [0.1, 0.15) is 10.8 Å². The topological polar surface area (TPSA) is 91.8 Å². The molecule has 2 heterocycles. The summed E-state index contributed by atoms with van der Waals surface area (Å²) >= 11 is 1.76. The molecule has 0 radical (unpaired) electrons. The van der Waals surface area contributed by atoms with E-state index in [2.05, 4.69) is 10.2 Å². The second kappa shape index (κ2) is 9.82. The molecule has 1 aliphatic heterocycles. The minimum atomic E-state index is -0.499. The number of nitrogens with one attached hydrogen (secondary N) is 1.